The second kappa shape index (κ2) is 6.32. The second-order valence-corrected chi connectivity index (χ2v) is 8.24. The van der Waals surface area contributed by atoms with Crippen molar-refractivity contribution in [1.29, 1.82) is 0 Å². The average molecular weight is 334 g/mol. The molecular weight excluding hydrogens is 312 g/mol. The molecule has 0 saturated carbocycles. The maximum atomic E-state index is 12.4. The first kappa shape index (κ1) is 17.5. The van der Waals surface area contributed by atoms with Crippen molar-refractivity contribution >= 4 is 21.4 Å². The van der Waals surface area contributed by atoms with Crippen LogP contribution in [-0.4, -0.2) is 26.7 Å². The fourth-order valence-electron chi connectivity index (χ4n) is 2.52. The lowest BCUT2D eigenvalue weighted by Gasteiger charge is -2.09. The van der Waals surface area contributed by atoms with Gasteiger partial charge in [0.2, 0.25) is 0 Å². The molecule has 0 bridgehead atoms. The maximum Gasteiger partial charge on any atom is 0.338 e. The van der Waals surface area contributed by atoms with E-state index in [1.54, 1.807) is 19.1 Å². The van der Waals surface area contributed by atoms with Crippen LogP contribution in [0.25, 0.3) is 5.57 Å². The molecule has 0 saturated heterocycles. The van der Waals surface area contributed by atoms with Crippen molar-refractivity contribution < 1.29 is 17.9 Å². The molecule has 0 atom stereocenters. The number of fused-ring (bicyclic) bond motifs is 1. The van der Waals surface area contributed by atoms with Gasteiger partial charge in [0.15, 0.2) is 9.84 Å². The fourth-order valence-corrected chi connectivity index (χ4v) is 4.32. The van der Waals surface area contributed by atoms with Crippen molar-refractivity contribution in [2.45, 2.75) is 39.5 Å². The molecule has 1 aliphatic rings. The summed E-state index contributed by atoms with van der Waals surface area (Å²) >= 11 is 0. The summed E-state index contributed by atoms with van der Waals surface area (Å²) in [5.41, 5.74) is 4.60. The predicted octanol–water partition coefficient (Wildman–Crippen LogP) is 3.70. The van der Waals surface area contributed by atoms with Gasteiger partial charge >= 0.3 is 5.97 Å². The van der Waals surface area contributed by atoms with Gasteiger partial charge in [-0.3, -0.25) is 0 Å². The van der Waals surface area contributed by atoms with Gasteiger partial charge in [-0.05, 0) is 69.5 Å². The Balaban J connectivity index is 2.46. The molecule has 1 aromatic rings. The van der Waals surface area contributed by atoms with Crippen molar-refractivity contribution in [3.05, 3.63) is 46.0 Å². The highest BCUT2D eigenvalue weighted by Gasteiger charge is 2.32. The summed E-state index contributed by atoms with van der Waals surface area (Å²) in [5, 5.41) is 0. The van der Waals surface area contributed by atoms with E-state index < -0.39 is 15.8 Å². The summed E-state index contributed by atoms with van der Waals surface area (Å²) < 4.78 is 29.9. The van der Waals surface area contributed by atoms with Crippen LogP contribution in [0.5, 0.6) is 0 Å². The van der Waals surface area contributed by atoms with Crippen LogP contribution in [0.2, 0.25) is 0 Å². The van der Waals surface area contributed by atoms with E-state index in [1.165, 1.54) is 6.07 Å². The van der Waals surface area contributed by atoms with E-state index in [9.17, 15) is 13.2 Å². The highest BCUT2D eigenvalue weighted by Crippen LogP contribution is 2.37. The lowest BCUT2D eigenvalue weighted by molar-refractivity contribution is 0.0548. The molecule has 23 heavy (non-hydrogen) atoms. The average Bonchev–Trinajstić information content (AvgIpc) is 2.68. The highest BCUT2D eigenvalue weighted by molar-refractivity contribution is 7.92. The smallest absolute Gasteiger partial charge is 0.338 e. The van der Waals surface area contributed by atoms with E-state index in [-0.39, 0.29) is 17.3 Å². The van der Waals surface area contributed by atoms with Gasteiger partial charge in [-0.15, -0.1) is 0 Å². The van der Waals surface area contributed by atoms with Crippen LogP contribution < -0.4 is 0 Å². The van der Waals surface area contributed by atoms with Gasteiger partial charge in [-0.2, -0.15) is 0 Å². The minimum absolute atomic E-state index is 0.000372. The van der Waals surface area contributed by atoms with Crippen molar-refractivity contribution in [2.24, 2.45) is 0 Å². The molecule has 0 fully saturated rings. The van der Waals surface area contributed by atoms with Crippen LogP contribution in [0.3, 0.4) is 0 Å². The molecule has 0 radical (unpaired) electrons. The van der Waals surface area contributed by atoms with Crippen molar-refractivity contribution in [2.75, 3.05) is 12.4 Å². The van der Waals surface area contributed by atoms with Gasteiger partial charge in [0.05, 0.1) is 16.2 Å². The van der Waals surface area contributed by atoms with Crippen LogP contribution in [0.4, 0.5) is 0 Å². The Bertz CT molecular complexity index is 819. The number of sulfone groups is 1. The largest absolute Gasteiger partial charge is 0.458 e. The van der Waals surface area contributed by atoms with Crippen LogP contribution in [0, 0.1) is 6.92 Å². The molecule has 1 aliphatic heterocycles. The minimum atomic E-state index is -3.38. The van der Waals surface area contributed by atoms with Gasteiger partial charge in [0.1, 0.15) is 6.61 Å². The first-order valence-electron chi connectivity index (χ1n) is 7.48. The number of aryl methyl sites for hydroxylation is 1. The topological polar surface area (TPSA) is 60.4 Å². The van der Waals surface area contributed by atoms with E-state index in [0.29, 0.717) is 11.1 Å². The molecule has 1 aromatic carbocycles. The molecule has 4 nitrogen and oxygen atoms in total. The first-order valence-corrected chi connectivity index (χ1v) is 9.13. The SMILES string of the molecule is CC(C)=CCOC(=O)c1cc2c(cc1C)C(=C(C)C)CS2(=O)=O. The number of ether oxygens (including phenoxy) is 1. The number of rotatable bonds is 3. The second-order valence-electron chi connectivity index (χ2n) is 6.28. The molecule has 0 amide bonds. The normalized spacial score (nSPS) is 15.1. The summed E-state index contributed by atoms with van der Waals surface area (Å²) in [5.74, 6) is -0.496. The summed E-state index contributed by atoms with van der Waals surface area (Å²) in [4.78, 5) is 12.4. The van der Waals surface area contributed by atoms with E-state index in [2.05, 4.69) is 0 Å². The fraction of sp³-hybridized carbons (Fsp3) is 0.389. The van der Waals surface area contributed by atoms with Crippen LogP contribution in [-0.2, 0) is 14.6 Å². The van der Waals surface area contributed by atoms with Gasteiger partial charge in [0.25, 0.3) is 0 Å². The lowest BCUT2D eigenvalue weighted by atomic mass is 9.98. The monoisotopic (exact) mass is 334 g/mol. The number of hydrogen-bond acceptors (Lipinski definition) is 4. The lowest BCUT2D eigenvalue weighted by Crippen LogP contribution is -2.09. The Morgan fingerprint density at radius 1 is 1.22 bits per heavy atom. The zero-order chi connectivity index (χ0) is 17.4. The van der Waals surface area contributed by atoms with Crippen LogP contribution >= 0.6 is 0 Å². The van der Waals surface area contributed by atoms with E-state index in [0.717, 1.165) is 22.3 Å². The third kappa shape index (κ3) is 3.55. The molecule has 0 aliphatic carbocycles. The summed E-state index contributed by atoms with van der Waals surface area (Å²) in [7, 11) is -3.38. The summed E-state index contributed by atoms with van der Waals surface area (Å²) in [6.07, 6.45) is 1.80. The molecule has 0 N–H and O–H groups in total. The Labute approximate surface area is 137 Å². The standard InChI is InChI=1S/C18H22O4S/c1-11(2)6-7-22-18(19)14-9-17-15(8-13(14)5)16(12(3)4)10-23(17,20)21/h6,8-9H,7,10H2,1-5H3. The maximum absolute atomic E-state index is 12.4. The predicted molar refractivity (Wildman–Crippen MR) is 91.2 cm³/mol. The van der Waals surface area contributed by atoms with Crippen LogP contribution in [0.1, 0.15) is 49.2 Å². The molecular formula is C18H22O4S. The van der Waals surface area contributed by atoms with Crippen LogP contribution in [0.15, 0.2) is 34.3 Å². The summed E-state index contributed by atoms with van der Waals surface area (Å²) in [6.45, 7) is 9.62. The first-order chi connectivity index (χ1) is 10.6. The van der Waals surface area contributed by atoms with Crippen molar-refractivity contribution in [3.63, 3.8) is 0 Å². The highest BCUT2D eigenvalue weighted by atomic mass is 32.2. The van der Waals surface area contributed by atoms with E-state index in [1.807, 2.05) is 27.7 Å². The van der Waals surface area contributed by atoms with E-state index >= 15 is 0 Å². The number of hydrogen-bond donors (Lipinski definition) is 0. The Kier molecular flexibility index (Phi) is 4.80. The number of allylic oxidation sites excluding steroid dienone is 2. The molecule has 0 spiro atoms. The zero-order valence-corrected chi connectivity index (χ0v) is 15.0. The van der Waals surface area contributed by atoms with Gasteiger partial charge in [-0.25, -0.2) is 13.2 Å². The Morgan fingerprint density at radius 2 is 1.87 bits per heavy atom. The zero-order valence-electron chi connectivity index (χ0n) is 14.2. The molecule has 5 heteroatoms. The number of esters is 1. The number of carbonyl (C=O) groups excluding carboxylic acids is 1. The third-order valence-electron chi connectivity index (χ3n) is 3.85. The van der Waals surface area contributed by atoms with Gasteiger partial charge in [-0.1, -0.05) is 11.1 Å². The van der Waals surface area contributed by atoms with E-state index in [4.69, 9.17) is 4.74 Å². The Morgan fingerprint density at radius 3 is 2.43 bits per heavy atom. The molecule has 2 rings (SSSR count). The summed E-state index contributed by atoms with van der Waals surface area (Å²) in [6, 6.07) is 3.24. The Hall–Kier alpha value is -1.88. The van der Waals surface area contributed by atoms with Gasteiger partial charge in [0, 0.05) is 0 Å². The number of benzene rings is 1. The number of carbonyl (C=O) groups is 1. The molecule has 0 unspecified atom stereocenters. The van der Waals surface area contributed by atoms with Crippen molar-refractivity contribution in [1.82, 2.24) is 0 Å². The quantitative estimate of drug-likeness (QED) is 0.625. The minimum Gasteiger partial charge on any atom is -0.458 e. The van der Waals surface area contributed by atoms with Gasteiger partial charge < -0.3 is 4.74 Å². The molecule has 1 heterocycles. The third-order valence-corrected chi connectivity index (χ3v) is 5.53. The molecule has 0 aromatic heterocycles. The molecule has 124 valence electrons. The van der Waals surface area contributed by atoms with Crippen molar-refractivity contribution in [3.8, 4) is 0 Å².